The van der Waals surface area contributed by atoms with Gasteiger partial charge >= 0.3 is 0 Å². The Hall–Kier alpha value is -1.92. The zero-order valence-electron chi connectivity index (χ0n) is 15.5. The predicted octanol–water partition coefficient (Wildman–Crippen LogP) is 2.24. The van der Waals surface area contributed by atoms with Crippen LogP contribution in [0.25, 0.3) is 0 Å². The lowest BCUT2D eigenvalue weighted by Gasteiger charge is -2.31. The summed E-state index contributed by atoms with van der Waals surface area (Å²) in [5.74, 6) is -0.0391. The van der Waals surface area contributed by atoms with Crippen molar-refractivity contribution in [2.75, 3.05) is 32.8 Å². The standard InChI is InChI=1S/C21H27N3O2.ClH/c22-15-18-6-8-19(9-7-18)21(25)23-20(14-17-4-2-1-3-5-17)16-24-10-12-26-13-11-24;/h1-9,20H,10-16,22H2,(H,23,25);1H. The van der Waals surface area contributed by atoms with E-state index in [2.05, 4.69) is 22.3 Å². The Labute approximate surface area is 167 Å². The van der Waals surface area contributed by atoms with Crippen molar-refractivity contribution in [1.29, 1.82) is 0 Å². The molecule has 0 aromatic heterocycles. The summed E-state index contributed by atoms with van der Waals surface area (Å²) in [4.78, 5) is 15.1. The Morgan fingerprint density at radius 3 is 2.33 bits per heavy atom. The van der Waals surface area contributed by atoms with Crippen LogP contribution in [0.3, 0.4) is 0 Å². The molecule has 3 N–H and O–H groups in total. The predicted molar refractivity (Wildman–Crippen MR) is 110 cm³/mol. The van der Waals surface area contributed by atoms with Gasteiger partial charge in [0, 0.05) is 37.8 Å². The van der Waals surface area contributed by atoms with E-state index in [4.69, 9.17) is 10.5 Å². The van der Waals surface area contributed by atoms with Gasteiger partial charge in [-0.25, -0.2) is 0 Å². The molecule has 1 atom stereocenters. The lowest BCUT2D eigenvalue weighted by atomic mass is 10.0. The minimum absolute atomic E-state index is 0. The Kier molecular flexibility index (Phi) is 8.75. The highest BCUT2D eigenvalue weighted by molar-refractivity contribution is 5.94. The third kappa shape index (κ3) is 6.63. The summed E-state index contributed by atoms with van der Waals surface area (Å²) in [5.41, 5.74) is 8.55. The van der Waals surface area contributed by atoms with Crippen molar-refractivity contribution in [2.24, 2.45) is 5.73 Å². The van der Waals surface area contributed by atoms with Gasteiger partial charge in [0.2, 0.25) is 0 Å². The van der Waals surface area contributed by atoms with Gasteiger partial charge in [-0.3, -0.25) is 9.69 Å². The number of rotatable bonds is 7. The summed E-state index contributed by atoms with van der Waals surface area (Å²) in [5, 5.41) is 3.21. The van der Waals surface area contributed by atoms with Gasteiger partial charge in [-0.2, -0.15) is 0 Å². The number of hydrogen-bond donors (Lipinski definition) is 2. The van der Waals surface area contributed by atoms with Crippen molar-refractivity contribution in [2.45, 2.75) is 19.0 Å². The molecule has 5 nitrogen and oxygen atoms in total. The number of carbonyl (C=O) groups excluding carboxylic acids is 1. The number of carbonyl (C=O) groups is 1. The van der Waals surface area contributed by atoms with Gasteiger partial charge in [0.05, 0.1) is 13.2 Å². The molecule has 2 aromatic carbocycles. The first-order valence-corrected chi connectivity index (χ1v) is 9.18. The van der Waals surface area contributed by atoms with E-state index in [9.17, 15) is 4.79 Å². The Morgan fingerprint density at radius 1 is 1.04 bits per heavy atom. The molecule has 1 unspecified atom stereocenters. The molecular formula is C21H28ClN3O2. The van der Waals surface area contributed by atoms with E-state index in [0.29, 0.717) is 12.1 Å². The molecule has 1 aliphatic heterocycles. The molecule has 0 aliphatic carbocycles. The summed E-state index contributed by atoms with van der Waals surface area (Å²) in [7, 11) is 0. The molecule has 0 saturated carbocycles. The van der Waals surface area contributed by atoms with Crippen molar-refractivity contribution >= 4 is 18.3 Å². The van der Waals surface area contributed by atoms with Gasteiger partial charge in [-0.15, -0.1) is 12.4 Å². The molecule has 3 rings (SSSR count). The molecule has 1 saturated heterocycles. The third-order valence-electron chi connectivity index (χ3n) is 4.69. The van der Waals surface area contributed by atoms with Crippen LogP contribution in [-0.2, 0) is 17.7 Å². The fourth-order valence-electron chi connectivity index (χ4n) is 3.22. The number of hydrogen-bond acceptors (Lipinski definition) is 4. The second-order valence-electron chi connectivity index (χ2n) is 6.67. The molecule has 2 aromatic rings. The maximum Gasteiger partial charge on any atom is 0.251 e. The van der Waals surface area contributed by atoms with E-state index in [0.717, 1.165) is 44.8 Å². The van der Waals surface area contributed by atoms with Crippen molar-refractivity contribution in [1.82, 2.24) is 10.2 Å². The first kappa shape index (κ1) is 21.4. The Morgan fingerprint density at radius 2 is 1.70 bits per heavy atom. The number of morpholine rings is 1. The minimum atomic E-state index is -0.0391. The fourth-order valence-corrected chi connectivity index (χ4v) is 3.22. The van der Waals surface area contributed by atoms with Gasteiger partial charge in [0.25, 0.3) is 5.91 Å². The van der Waals surface area contributed by atoms with Gasteiger partial charge in [-0.1, -0.05) is 42.5 Å². The van der Waals surface area contributed by atoms with E-state index in [1.807, 2.05) is 42.5 Å². The van der Waals surface area contributed by atoms with Crippen LogP contribution in [-0.4, -0.2) is 49.7 Å². The number of nitrogens with one attached hydrogen (secondary N) is 1. The topological polar surface area (TPSA) is 67.6 Å². The number of ether oxygens (including phenoxy) is 1. The van der Waals surface area contributed by atoms with Crippen LogP contribution in [0, 0.1) is 0 Å². The fraction of sp³-hybridized carbons (Fsp3) is 0.381. The van der Waals surface area contributed by atoms with Gasteiger partial charge in [-0.05, 0) is 29.7 Å². The van der Waals surface area contributed by atoms with E-state index < -0.39 is 0 Å². The van der Waals surface area contributed by atoms with Crippen molar-refractivity contribution < 1.29 is 9.53 Å². The van der Waals surface area contributed by atoms with Crippen LogP contribution >= 0.6 is 12.4 Å². The molecule has 146 valence electrons. The summed E-state index contributed by atoms with van der Waals surface area (Å²) < 4.78 is 5.43. The maximum atomic E-state index is 12.7. The smallest absolute Gasteiger partial charge is 0.251 e. The zero-order chi connectivity index (χ0) is 18.2. The number of amides is 1. The molecule has 27 heavy (non-hydrogen) atoms. The van der Waals surface area contributed by atoms with Crippen LogP contribution in [0.15, 0.2) is 54.6 Å². The van der Waals surface area contributed by atoms with Crippen LogP contribution in [0.4, 0.5) is 0 Å². The van der Waals surface area contributed by atoms with Crippen molar-refractivity contribution in [3.8, 4) is 0 Å². The Balaban J connectivity index is 0.00000261. The zero-order valence-corrected chi connectivity index (χ0v) is 16.3. The summed E-state index contributed by atoms with van der Waals surface area (Å²) in [6, 6.07) is 17.8. The highest BCUT2D eigenvalue weighted by Crippen LogP contribution is 2.09. The van der Waals surface area contributed by atoms with Crippen LogP contribution in [0.5, 0.6) is 0 Å². The van der Waals surface area contributed by atoms with E-state index in [-0.39, 0.29) is 24.4 Å². The monoisotopic (exact) mass is 389 g/mol. The molecule has 1 aliphatic rings. The van der Waals surface area contributed by atoms with Gasteiger partial charge < -0.3 is 15.8 Å². The molecule has 6 heteroatoms. The number of halogens is 1. The van der Waals surface area contributed by atoms with Crippen LogP contribution in [0.1, 0.15) is 21.5 Å². The number of nitrogens with two attached hydrogens (primary N) is 1. The summed E-state index contributed by atoms with van der Waals surface area (Å²) in [6.45, 7) is 4.64. The molecule has 1 amide bonds. The maximum absolute atomic E-state index is 12.7. The third-order valence-corrected chi connectivity index (χ3v) is 4.69. The minimum Gasteiger partial charge on any atom is -0.379 e. The second-order valence-corrected chi connectivity index (χ2v) is 6.67. The van der Waals surface area contributed by atoms with E-state index >= 15 is 0 Å². The Bertz CT molecular complexity index is 688. The average molecular weight is 390 g/mol. The number of benzene rings is 2. The van der Waals surface area contributed by atoms with Crippen molar-refractivity contribution in [3.05, 3.63) is 71.3 Å². The van der Waals surface area contributed by atoms with Crippen LogP contribution < -0.4 is 11.1 Å². The van der Waals surface area contributed by atoms with E-state index in [1.54, 1.807) is 0 Å². The lowest BCUT2D eigenvalue weighted by Crippen LogP contribution is -2.48. The van der Waals surface area contributed by atoms with Gasteiger partial charge in [0.1, 0.15) is 0 Å². The highest BCUT2D eigenvalue weighted by Gasteiger charge is 2.19. The first-order chi connectivity index (χ1) is 12.7. The molecule has 1 fully saturated rings. The molecular weight excluding hydrogens is 362 g/mol. The van der Waals surface area contributed by atoms with Gasteiger partial charge in [0.15, 0.2) is 0 Å². The largest absolute Gasteiger partial charge is 0.379 e. The molecule has 0 radical (unpaired) electrons. The second kappa shape index (κ2) is 11.0. The van der Waals surface area contributed by atoms with Crippen LogP contribution in [0.2, 0.25) is 0 Å². The van der Waals surface area contributed by atoms with Crippen molar-refractivity contribution in [3.63, 3.8) is 0 Å². The highest BCUT2D eigenvalue weighted by atomic mass is 35.5. The molecule has 1 heterocycles. The first-order valence-electron chi connectivity index (χ1n) is 9.18. The quantitative estimate of drug-likeness (QED) is 0.762. The molecule has 0 bridgehead atoms. The summed E-state index contributed by atoms with van der Waals surface area (Å²) in [6.07, 6.45) is 0.810. The number of nitrogens with zero attached hydrogens (tertiary/aromatic N) is 1. The van der Waals surface area contributed by atoms with E-state index in [1.165, 1.54) is 5.56 Å². The lowest BCUT2D eigenvalue weighted by molar-refractivity contribution is 0.0333. The average Bonchev–Trinajstić information content (AvgIpc) is 2.69. The summed E-state index contributed by atoms with van der Waals surface area (Å²) >= 11 is 0. The SMILES string of the molecule is Cl.NCc1ccc(C(=O)NC(Cc2ccccc2)CN2CCOCC2)cc1. The molecule has 0 spiro atoms. The normalized spacial score (nSPS) is 15.6.